The van der Waals surface area contributed by atoms with Crippen molar-refractivity contribution in [3.63, 3.8) is 0 Å². The Morgan fingerprint density at radius 3 is 2.73 bits per heavy atom. The first-order chi connectivity index (χ1) is 12.4. The van der Waals surface area contributed by atoms with Gasteiger partial charge < -0.3 is 14.7 Å². The monoisotopic (exact) mass is 377 g/mol. The number of aromatic nitrogens is 3. The highest BCUT2D eigenvalue weighted by Crippen LogP contribution is 2.35. The average molecular weight is 377 g/mol. The third kappa shape index (κ3) is 3.08. The molecule has 1 aromatic carbocycles. The van der Waals surface area contributed by atoms with Gasteiger partial charge in [-0.1, -0.05) is 23.5 Å². The SMILES string of the molecule is Cc1nc2sc([C@@H](c3cccc(F)c3)[NH+]3C[C@@H](C)O[C@H](C)C3)c(O)n2n1. The standard InChI is InChI=1S/C18H21FN4O2S/c1-10-8-22(9-11(2)25-10)15(13-5-4-6-14(19)7-13)16-17(24)23-18(26-16)20-12(3)21-23/h4-7,10-11,15,24H,8-9H2,1-3H3/p+1/t10-,11-,15-/m1/s1. The van der Waals surface area contributed by atoms with Crippen LogP contribution in [-0.4, -0.2) is 45.0 Å². The number of morpholine rings is 1. The molecule has 1 aliphatic rings. The number of nitrogens with zero attached hydrogens (tertiary/aromatic N) is 3. The zero-order valence-electron chi connectivity index (χ0n) is 14.9. The summed E-state index contributed by atoms with van der Waals surface area (Å²) in [7, 11) is 0. The molecule has 0 amide bonds. The predicted octanol–water partition coefficient (Wildman–Crippen LogP) is 1.73. The number of nitrogens with one attached hydrogen (secondary N) is 1. The number of rotatable bonds is 3. The van der Waals surface area contributed by atoms with E-state index < -0.39 is 0 Å². The molecule has 3 atom stereocenters. The topological polar surface area (TPSA) is 64.1 Å². The number of ether oxygens (including phenoxy) is 1. The van der Waals surface area contributed by atoms with E-state index in [4.69, 9.17) is 4.74 Å². The van der Waals surface area contributed by atoms with Crippen LogP contribution in [0.5, 0.6) is 5.88 Å². The molecule has 26 heavy (non-hydrogen) atoms. The van der Waals surface area contributed by atoms with Crippen molar-refractivity contribution in [3.05, 3.63) is 46.3 Å². The summed E-state index contributed by atoms with van der Waals surface area (Å²) in [4.78, 5) is 7.00. The third-order valence-electron chi connectivity index (χ3n) is 4.72. The van der Waals surface area contributed by atoms with Crippen LogP contribution in [0.15, 0.2) is 24.3 Å². The maximum absolute atomic E-state index is 13.9. The molecule has 1 saturated heterocycles. The molecule has 0 spiro atoms. The zero-order valence-corrected chi connectivity index (χ0v) is 15.8. The second-order valence-corrected chi connectivity index (χ2v) is 7.96. The van der Waals surface area contributed by atoms with Crippen LogP contribution < -0.4 is 4.90 Å². The Kier molecular flexibility index (Phi) is 4.42. The first-order valence-electron chi connectivity index (χ1n) is 8.73. The summed E-state index contributed by atoms with van der Waals surface area (Å²) in [5.74, 6) is 0.413. The van der Waals surface area contributed by atoms with Gasteiger partial charge in [-0.05, 0) is 32.9 Å². The fraction of sp³-hybridized carbons (Fsp3) is 0.444. The molecule has 8 heteroatoms. The van der Waals surface area contributed by atoms with Crippen LogP contribution >= 0.6 is 11.3 Å². The maximum Gasteiger partial charge on any atom is 0.235 e. The van der Waals surface area contributed by atoms with Gasteiger partial charge in [-0.2, -0.15) is 4.52 Å². The normalized spacial score (nSPS) is 24.8. The van der Waals surface area contributed by atoms with Crippen molar-refractivity contribution in [1.82, 2.24) is 14.6 Å². The molecule has 0 unspecified atom stereocenters. The van der Waals surface area contributed by atoms with Gasteiger partial charge in [0, 0.05) is 5.56 Å². The summed E-state index contributed by atoms with van der Waals surface area (Å²) < 4.78 is 21.3. The van der Waals surface area contributed by atoms with Crippen LogP contribution in [0.25, 0.3) is 4.96 Å². The Morgan fingerprint density at radius 2 is 2.08 bits per heavy atom. The van der Waals surface area contributed by atoms with Gasteiger partial charge in [-0.3, -0.25) is 0 Å². The van der Waals surface area contributed by atoms with Gasteiger partial charge in [0.1, 0.15) is 41.8 Å². The van der Waals surface area contributed by atoms with Gasteiger partial charge in [0.2, 0.25) is 10.8 Å². The van der Waals surface area contributed by atoms with Crippen molar-refractivity contribution in [2.45, 2.75) is 39.0 Å². The number of quaternary nitrogens is 1. The molecule has 1 fully saturated rings. The number of benzene rings is 1. The first kappa shape index (κ1) is 17.4. The minimum atomic E-state index is -0.281. The molecule has 6 nitrogen and oxygen atoms in total. The lowest BCUT2D eigenvalue weighted by Gasteiger charge is -2.37. The quantitative estimate of drug-likeness (QED) is 0.730. The first-order valence-corrected chi connectivity index (χ1v) is 9.54. The molecular weight excluding hydrogens is 355 g/mol. The molecule has 2 N–H and O–H groups in total. The Balaban J connectivity index is 1.84. The highest BCUT2D eigenvalue weighted by Gasteiger charge is 2.37. The lowest BCUT2D eigenvalue weighted by molar-refractivity contribution is -0.939. The molecule has 2 aromatic heterocycles. The molecule has 0 aliphatic carbocycles. The van der Waals surface area contributed by atoms with Crippen LogP contribution in [0.1, 0.15) is 36.2 Å². The smallest absolute Gasteiger partial charge is 0.235 e. The largest absolute Gasteiger partial charge is 0.492 e. The van der Waals surface area contributed by atoms with E-state index in [2.05, 4.69) is 10.1 Å². The van der Waals surface area contributed by atoms with E-state index in [1.54, 1.807) is 19.1 Å². The maximum atomic E-state index is 13.9. The average Bonchev–Trinajstić information content (AvgIpc) is 3.05. The molecule has 0 bridgehead atoms. The summed E-state index contributed by atoms with van der Waals surface area (Å²) >= 11 is 1.40. The third-order valence-corrected chi connectivity index (χ3v) is 5.81. The van der Waals surface area contributed by atoms with Crippen LogP contribution in [0.2, 0.25) is 0 Å². The number of halogens is 1. The van der Waals surface area contributed by atoms with Crippen molar-refractivity contribution in [1.29, 1.82) is 0 Å². The molecule has 0 radical (unpaired) electrons. The predicted molar refractivity (Wildman–Crippen MR) is 96.2 cm³/mol. The molecular formula is C18H22FN4O2S+. The van der Waals surface area contributed by atoms with E-state index in [0.717, 1.165) is 23.5 Å². The molecule has 4 rings (SSSR count). The highest BCUT2D eigenvalue weighted by molar-refractivity contribution is 7.17. The van der Waals surface area contributed by atoms with E-state index >= 15 is 0 Å². The molecule has 1 aliphatic heterocycles. The van der Waals surface area contributed by atoms with Gasteiger partial charge in [0.05, 0.1) is 0 Å². The number of thiazole rings is 1. The van der Waals surface area contributed by atoms with Crippen molar-refractivity contribution in [3.8, 4) is 5.88 Å². The highest BCUT2D eigenvalue weighted by atomic mass is 32.1. The van der Waals surface area contributed by atoms with Crippen LogP contribution in [0, 0.1) is 12.7 Å². The Morgan fingerprint density at radius 1 is 1.35 bits per heavy atom. The second kappa shape index (κ2) is 6.61. The number of hydrogen-bond donors (Lipinski definition) is 2. The number of hydrogen-bond acceptors (Lipinski definition) is 5. The Hall–Kier alpha value is -2.03. The summed E-state index contributed by atoms with van der Waals surface area (Å²) in [6.45, 7) is 7.43. The lowest BCUT2D eigenvalue weighted by Crippen LogP contribution is -3.15. The molecule has 0 saturated carbocycles. The van der Waals surface area contributed by atoms with Crippen molar-refractivity contribution in [2.24, 2.45) is 0 Å². The van der Waals surface area contributed by atoms with E-state index in [-0.39, 0.29) is 29.9 Å². The zero-order chi connectivity index (χ0) is 18.4. The van der Waals surface area contributed by atoms with Crippen LogP contribution in [0.4, 0.5) is 4.39 Å². The van der Waals surface area contributed by atoms with Gasteiger partial charge in [-0.15, -0.1) is 5.10 Å². The van der Waals surface area contributed by atoms with Crippen LogP contribution in [-0.2, 0) is 4.74 Å². The number of aromatic hydroxyl groups is 1. The summed E-state index contributed by atoms with van der Waals surface area (Å²) in [6.07, 6.45) is 0.188. The van der Waals surface area contributed by atoms with Crippen molar-refractivity contribution >= 4 is 16.3 Å². The Labute approximate surface area is 154 Å². The summed E-state index contributed by atoms with van der Waals surface area (Å²) in [5.41, 5.74) is 0.831. The van der Waals surface area contributed by atoms with E-state index in [9.17, 15) is 9.50 Å². The summed E-state index contributed by atoms with van der Waals surface area (Å²) in [5, 5.41) is 15.1. The fourth-order valence-electron chi connectivity index (χ4n) is 3.84. The number of fused-ring (bicyclic) bond motifs is 1. The molecule has 138 valence electrons. The molecule has 3 heterocycles. The minimum Gasteiger partial charge on any atom is -0.492 e. The second-order valence-electron chi connectivity index (χ2n) is 6.96. The minimum absolute atomic E-state index is 0.0826. The van der Waals surface area contributed by atoms with Gasteiger partial charge in [0.25, 0.3) is 0 Å². The molecule has 3 aromatic rings. The summed E-state index contributed by atoms with van der Waals surface area (Å²) in [6, 6.07) is 6.40. The van der Waals surface area contributed by atoms with E-state index in [0.29, 0.717) is 10.8 Å². The Bertz CT molecular complexity index is 931. The van der Waals surface area contributed by atoms with Crippen molar-refractivity contribution in [2.75, 3.05) is 13.1 Å². The fourth-order valence-corrected chi connectivity index (χ4v) is 5.03. The van der Waals surface area contributed by atoms with Gasteiger partial charge >= 0.3 is 0 Å². The van der Waals surface area contributed by atoms with E-state index in [1.165, 1.54) is 26.8 Å². The van der Waals surface area contributed by atoms with Gasteiger partial charge in [0.15, 0.2) is 6.04 Å². The van der Waals surface area contributed by atoms with Crippen LogP contribution in [0.3, 0.4) is 0 Å². The van der Waals surface area contributed by atoms with Gasteiger partial charge in [-0.25, -0.2) is 9.37 Å². The number of aryl methyl sites for hydroxylation is 1. The van der Waals surface area contributed by atoms with E-state index in [1.807, 2.05) is 19.9 Å². The lowest BCUT2D eigenvalue weighted by atomic mass is 10.0. The van der Waals surface area contributed by atoms with Crippen molar-refractivity contribution < 1.29 is 19.1 Å².